The van der Waals surface area contributed by atoms with Crippen LogP contribution in [0, 0.1) is 17.8 Å². The highest BCUT2D eigenvalue weighted by Gasteiger charge is 2.52. The molecule has 15 nitrogen and oxygen atoms in total. The minimum atomic E-state index is -1.48. The van der Waals surface area contributed by atoms with Crippen LogP contribution in [0.1, 0.15) is 99.0 Å². The van der Waals surface area contributed by atoms with Crippen molar-refractivity contribution >= 4 is 17.7 Å². The van der Waals surface area contributed by atoms with Gasteiger partial charge in [-0.25, -0.2) is 0 Å². The zero-order chi connectivity index (χ0) is 47.1. The molecule has 1 aromatic carbocycles. The number of ether oxygens (including phenoxy) is 7. The Hall–Kier alpha value is -3.09. The van der Waals surface area contributed by atoms with Crippen molar-refractivity contribution in [1.29, 1.82) is 0 Å². The fraction of sp³-hybridized carbons (Fsp3) is 0.735. The average molecular weight is 903 g/mol. The highest BCUT2D eigenvalue weighted by Crippen LogP contribution is 2.37. The van der Waals surface area contributed by atoms with Crippen LogP contribution in [0.4, 0.5) is 0 Å². The summed E-state index contributed by atoms with van der Waals surface area (Å²) in [5.74, 6) is -1.92. The maximum Gasteiger partial charge on any atom is 0.308 e. The number of benzene rings is 1. The van der Waals surface area contributed by atoms with Gasteiger partial charge in [0.25, 0.3) is 0 Å². The van der Waals surface area contributed by atoms with Crippen molar-refractivity contribution < 1.29 is 62.9 Å². The summed E-state index contributed by atoms with van der Waals surface area (Å²) in [5.41, 5.74) is -0.229. The minimum absolute atomic E-state index is 0.0165. The maximum atomic E-state index is 13.5. The monoisotopic (exact) mass is 903 g/mol. The Bertz CT molecular complexity index is 1640. The molecule has 4 N–H and O–H groups in total. The fourth-order valence-electron chi connectivity index (χ4n) is 9.08. The molecule has 4 unspecified atom stereocenters. The van der Waals surface area contributed by atoms with Gasteiger partial charge in [-0.15, -0.1) is 0 Å². The van der Waals surface area contributed by atoms with Crippen molar-refractivity contribution in [2.24, 2.45) is 17.8 Å². The molecule has 0 aromatic heterocycles. The second kappa shape index (κ2) is 25.7. The standard InChI is InChI=1S/C49H78N2O13/c1-30(2)26-39(54)62-47-34(6)60-41(29-49(47,7)57)63-44-33(5)61-48(43(56)42(44)51(8)9)64-45-36(23-25-50-24-17-21-35-19-14-12-15-20-35)27-31(3)37(52)22-16-11-13-18-32(4)59-40(55)28-38(53)46(45)58-10/h11-16,19-20,22,30-34,36,38,41-48,50,53,56-57H,17-18,21,23-29H2,1-10H3/t31-,32-,33-,34?,36+,38+,41?,42-,43-,44-,45+,46+,47?,48+,49?/m1/s1. The summed E-state index contributed by atoms with van der Waals surface area (Å²) in [4.78, 5) is 41.1. The van der Waals surface area contributed by atoms with Crippen molar-refractivity contribution in [3.8, 4) is 0 Å². The van der Waals surface area contributed by atoms with Crippen molar-refractivity contribution in [1.82, 2.24) is 10.2 Å². The van der Waals surface area contributed by atoms with Crippen LogP contribution >= 0.6 is 0 Å². The minimum Gasteiger partial charge on any atom is -0.462 e. The fourth-order valence-corrected chi connectivity index (χ4v) is 9.08. The summed E-state index contributed by atoms with van der Waals surface area (Å²) in [5, 5.41) is 39.1. The van der Waals surface area contributed by atoms with E-state index in [4.69, 9.17) is 33.2 Å². The molecule has 0 saturated carbocycles. The number of rotatable bonds is 16. The number of ketones is 1. The number of allylic oxidation sites excluding steroid dienone is 3. The Labute approximate surface area is 381 Å². The number of nitrogens with one attached hydrogen (secondary N) is 1. The molecule has 4 rings (SSSR count). The van der Waals surface area contributed by atoms with E-state index < -0.39 is 103 Å². The van der Waals surface area contributed by atoms with E-state index in [-0.39, 0.29) is 31.0 Å². The van der Waals surface area contributed by atoms with Crippen LogP contribution in [0.15, 0.2) is 54.6 Å². The zero-order valence-electron chi connectivity index (χ0n) is 39.8. The first-order chi connectivity index (χ1) is 30.3. The van der Waals surface area contributed by atoms with Gasteiger partial charge < -0.3 is 58.7 Å². The second-order valence-corrected chi connectivity index (χ2v) is 18.9. The van der Waals surface area contributed by atoms with Gasteiger partial charge in [0, 0.05) is 32.3 Å². The van der Waals surface area contributed by atoms with E-state index in [1.807, 2.05) is 49.9 Å². The first-order valence-corrected chi connectivity index (χ1v) is 23.2. The summed E-state index contributed by atoms with van der Waals surface area (Å²) < 4.78 is 43.4. The summed E-state index contributed by atoms with van der Waals surface area (Å²) in [6.45, 7) is 13.8. The quantitative estimate of drug-likeness (QED) is 0.132. The predicted octanol–water partition coefficient (Wildman–Crippen LogP) is 4.67. The van der Waals surface area contributed by atoms with Gasteiger partial charge in [0.05, 0.1) is 36.9 Å². The van der Waals surface area contributed by atoms with Crippen molar-refractivity contribution in [3.63, 3.8) is 0 Å². The van der Waals surface area contributed by atoms with Crippen LogP contribution in [0.2, 0.25) is 0 Å². The first-order valence-electron chi connectivity index (χ1n) is 23.2. The topological polar surface area (TPSA) is 192 Å². The molecule has 362 valence electrons. The molecule has 0 spiro atoms. The molecular weight excluding hydrogens is 825 g/mol. The van der Waals surface area contributed by atoms with Gasteiger partial charge in [0.15, 0.2) is 24.5 Å². The van der Waals surface area contributed by atoms with E-state index >= 15 is 0 Å². The van der Waals surface area contributed by atoms with Gasteiger partial charge in [0.2, 0.25) is 0 Å². The molecule has 15 heteroatoms. The van der Waals surface area contributed by atoms with Crippen LogP contribution in [0.3, 0.4) is 0 Å². The average Bonchev–Trinajstić information content (AvgIpc) is 3.20. The van der Waals surface area contributed by atoms with Gasteiger partial charge in [0.1, 0.15) is 30.0 Å². The van der Waals surface area contributed by atoms with Crippen LogP contribution in [-0.2, 0) is 54.0 Å². The molecule has 0 amide bonds. The van der Waals surface area contributed by atoms with Crippen LogP contribution in [0.25, 0.3) is 0 Å². The molecule has 2 saturated heterocycles. The molecule has 2 fully saturated rings. The molecule has 15 atom stereocenters. The highest BCUT2D eigenvalue weighted by atomic mass is 16.7. The second-order valence-electron chi connectivity index (χ2n) is 18.9. The third-order valence-electron chi connectivity index (χ3n) is 12.4. The molecular formula is C49H78N2O13. The van der Waals surface area contributed by atoms with E-state index in [0.717, 1.165) is 19.4 Å². The largest absolute Gasteiger partial charge is 0.462 e. The highest BCUT2D eigenvalue weighted by molar-refractivity contribution is 5.91. The number of aliphatic hydroxyl groups excluding tert-OH is 2. The van der Waals surface area contributed by atoms with E-state index in [1.165, 1.54) is 18.7 Å². The smallest absolute Gasteiger partial charge is 0.308 e. The van der Waals surface area contributed by atoms with E-state index in [0.29, 0.717) is 25.8 Å². The third-order valence-corrected chi connectivity index (χ3v) is 12.4. The zero-order valence-corrected chi connectivity index (χ0v) is 39.8. The summed E-state index contributed by atoms with van der Waals surface area (Å²) in [6, 6.07) is 9.53. The number of aryl methyl sites for hydroxylation is 1. The summed E-state index contributed by atoms with van der Waals surface area (Å²) in [7, 11) is 5.03. The molecule has 3 aliphatic heterocycles. The number of carbonyl (C=O) groups is 3. The first kappa shape index (κ1) is 53.5. The Kier molecular flexibility index (Phi) is 21.5. The number of cyclic esters (lactones) is 1. The predicted molar refractivity (Wildman–Crippen MR) is 241 cm³/mol. The van der Waals surface area contributed by atoms with Gasteiger partial charge >= 0.3 is 11.9 Å². The van der Waals surface area contributed by atoms with Crippen LogP contribution in [0.5, 0.6) is 0 Å². The number of hydrogen-bond donors (Lipinski definition) is 4. The molecule has 1 aromatic rings. The Morgan fingerprint density at radius 3 is 2.34 bits per heavy atom. The third kappa shape index (κ3) is 16.1. The number of methoxy groups -OCH3 is 1. The number of carbonyl (C=O) groups excluding carboxylic acids is 3. The van der Waals surface area contributed by atoms with Gasteiger partial charge in [-0.2, -0.15) is 0 Å². The summed E-state index contributed by atoms with van der Waals surface area (Å²) >= 11 is 0. The molecule has 3 heterocycles. The van der Waals surface area contributed by atoms with E-state index in [1.54, 1.807) is 53.9 Å². The Balaban J connectivity index is 1.60. The number of aliphatic hydroxyl groups is 3. The van der Waals surface area contributed by atoms with Gasteiger partial charge in [-0.1, -0.05) is 69.3 Å². The molecule has 64 heavy (non-hydrogen) atoms. The van der Waals surface area contributed by atoms with Gasteiger partial charge in [-0.05, 0) is 104 Å². The normalized spacial score (nSPS) is 36.0. The van der Waals surface area contributed by atoms with Crippen LogP contribution < -0.4 is 5.32 Å². The molecule has 0 radical (unpaired) electrons. The van der Waals surface area contributed by atoms with Crippen molar-refractivity contribution in [3.05, 3.63) is 60.2 Å². The molecule has 0 bridgehead atoms. The van der Waals surface area contributed by atoms with Crippen molar-refractivity contribution in [2.75, 3.05) is 34.3 Å². The number of likely N-dealkylation sites (N-methyl/N-ethyl adjacent to an activating group) is 1. The SMILES string of the molecule is CO[C@@H]1[C@@H](O[C@@H]2O[C@H](C)[C@@H](OC3CC(C)(O)C(OC(=O)CC(C)C)C(C)O3)[C@H](N(C)C)[C@H]2O)[C@@H](CCNCCCc2ccccc2)C[C@@H](C)C(=O)C=CC=CC[C@@H](C)OC(=O)C[C@@H]1O. The lowest BCUT2D eigenvalue weighted by atomic mass is 9.82. The number of hydrogen-bond acceptors (Lipinski definition) is 15. The van der Waals surface area contributed by atoms with E-state index in [2.05, 4.69) is 17.4 Å². The lowest BCUT2D eigenvalue weighted by molar-refractivity contribution is -0.344. The maximum absolute atomic E-state index is 13.5. The Morgan fingerprint density at radius 2 is 1.69 bits per heavy atom. The lowest BCUT2D eigenvalue weighted by Crippen LogP contribution is -2.66. The number of nitrogens with zero attached hydrogens (tertiary/aromatic N) is 1. The number of esters is 2. The lowest BCUT2D eigenvalue weighted by Gasteiger charge is -2.50. The molecule has 0 aliphatic carbocycles. The van der Waals surface area contributed by atoms with Crippen LogP contribution in [-0.4, -0.2) is 151 Å². The van der Waals surface area contributed by atoms with Crippen molar-refractivity contribution in [2.45, 2.75) is 179 Å². The summed E-state index contributed by atoms with van der Waals surface area (Å²) in [6.07, 6.45) is -0.911. The molecule has 3 aliphatic rings. The Morgan fingerprint density at radius 1 is 0.969 bits per heavy atom. The van der Waals surface area contributed by atoms with E-state index in [9.17, 15) is 29.7 Å². The van der Waals surface area contributed by atoms with Gasteiger partial charge in [-0.3, -0.25) is 14.4 Å².